The Kier molecular flexibility index (Phi) is 3.66. The van der Waals surface area contributed by atoms with Gasteiger partial charge in [-0.15, -0.1) is 0 Å². The van der Waals surface area contributed by atoms with Crippen molar-refractivity contribution >= 4 is 17.3 Å². The SMILES string of the molecule is CN(CC1(O)CCCC1)c1ccc(C(=O)O)cc1N. The number of nitrogens with zero attached hydrogens (tertiary/aromatic N) is 1. The average molecular weight is 264 g/mol. The zero-order chi connectivity index (χ0) is 14.0. The summed E-state index contributed by atoms with van der Waals surface area (Å²) in [5.74, 6) is -0.990. The second-order valence-corrected chi connectivity index (χ2v) is 5.37. The third kappa shape index (κ3) is 2.98. The van der Waals surface area contributed by atoms with Crippen LogP contribution in [0.5, 0.6) is 0 Å². The Hall–Kier alpha value is -1.75. The lowest BCUT2D eigenvalue weighted by atomic mass is 10.0. The highest BCUT2D eigenvalue weighted by Gasteiger charge is 2.32. The summed E-state index contributed by atoms with van der Waals surface area (Å²) in [4.78, 5) is 12.7. The zero-order valence-corrected chi connectivity index (χ0v) is 11.1. The molecular weight excluding hydrogens is 244 g/mol. The number of carboxylic acid groups (broad SMARTS) is 1. The molecule has 0 unspecified atom stereocenters. The van der Waals surface area contributed by atoms with Crippen LogP contribution in [-0.2, 0) is 0 Å². The number of nitrogens with two attached hydrogens (primary N) is 1. The minimum atomic E-state index is -0.990. The summed E-state index contributed by atoms with van der Waals surface area (Å²) in [6, 6.07) is 4.67. The Bertz CT molecular complexity index is 482. The van der Waals surface area contributed by atoms with Crippen molar-refractivity contribution < 1.29 is 15.0 Å². The fourth-order valence-corrected chi connectivity index (χ4v) is 2.75. The number of anilines is 2. The Labute approximate surface area is 112 Å². The van der Waals surface area contributed by atoms with E-state index in [9.17, 15) is 9.90 Å². The fraction of sp³-hybridized carbons (Fsp3) is 0.500. The van der Waals surface area contributed by atoms with Gasteiger partial charge in [-0.3, -0.25) is 0 Å². The molecule has 0 aliphatic heterocycles. The number of hydrogen-bond acceptors (Lipinski definition) is 4. The van der Waals surface area contributed by atoms with Crippen LogP contribution in [0.4, 0.5) is 11.4 Å². The summed E-state index contributed by atoms with van der Waals surface area (Å²) in [6.07, 6.45) is 3.73. The van der Waals surface area contributed by atoms with Gasteiger partial charge in [-0.25, -0.2) is 4.79 Å². The maximum absolute atomic E-state index is 10.9. The summed E-state index contributed by atoms with van der Waals surface area (Å²) < 4.78 is 0. The van der Waals surface area contributed by atoms with Crippen LogP contribution in [-0.4, -0.2) is 35.4 Å². The van der Waals surface area contributed by atoms with E-state index in [2.05, 4.69) is 0 Å². The summed E-state index contributed by atoms with van der Waals surface area (Å²) >= 11 is 0. The van der Waals surface area contributed by atoms with Crippen LogP contribution in [0.15, 0.2) is 18.2 Å². The first-order valence-electron chi connectivity index (χ1n) is 6.48. The Balaban J connectivity index is 2.15. The molecule has 1 aliphatic carbocycles. The second-order valence-electron chi connectivity index (χ2n) is 5.37. The van der Waals surface area contributed by atoms with Crippen molar-refractivity contribution in [1.29, 1.82) is 0 Å². The number of likely N-dealkylation sites (N-methyl/N-ethyl adjacent to an activating group) is 1. The zero-order valence-electron chi connectivity index (χ0n) is 11.1. The largest absolute Gasteiger partial charge is 0.478 e. The molecular formula is C14H20N2O3. The van der Waals surface area contributed by atoms with Gasteiger partial charge in [0, 0.05) is 13.6 Å². The van der Waals surface area contributed by atoms with Gasteiger partial charge in [-0.1, -0.05) is 12.8 Å². The quantitative estimate of drug-likeness (QED) is 0.721. The molecule has 0 heterocycles. The van der Waals surface area contributed by atoms with E-state index in [1.165, 1.54) is 12.1 Å². The molecule has 4 N–H and O–H groups in total. The third-order valence-electron chi connectivity index (χ3n) is 3.75. The van der Waals surface area contributed by atoms with Gasteiger partial charge in [0.15, 0.2) is 0 Å². The molecule has 5 nitrogen and oxygen atoms in total. The van der Waals surface area contributed by atoms with Gasteiger partial charge < -0.3 is 20.8 Å². The smallest absolute Gasteiger partial charge is 0.335 e. The molecule has 19 heavy (non-hydrogen) atoms. The summed E-state index contributed by atoms with van der Waals surface area (Å²) in [5, 5.41) is 19.3. The van der Waals surface area contributed by atoms with Crippen LogP contribution >= 0.6 is 0 Å². The molecule has 1 saturated carbocycles. The first-order chi connectivity index (χ1) is 8.91. The highest BCUT2D eigenvalue weighted by Crippen LogP contribution is 2.32. The highest BCUT2D eigenvalue weighted by atomic mass is 16.4. The molecule has 0 amide bonds. The summed E-state index contributed by atoms with van der Waals surface area (Å²) in [5.41, 5.74) is 6.60. The van der Waals surface area contributed by atoms with Crippen LogP contribution < -0.4 is 10.6 Å². The molecule has 0 saturated heterocycles. The van der Waals surface area contributed by atoms with E-state index in [1.807, 2.05) is 11.9 Å². The molecule has 0 aromatic heterocycles. The van der Waals surface area contributed by atoms with Gasteiger partial charge in [-0.2, -0.15) is 0 Å². The van der Waals surface area contributed by atoms with E-state index in [-0.39, 0.29) is 5.56 Å². The van der Waals surface area contributed by atoms with E-state index < -0.39 is 11.6 Å². The number of nitrogen functional groups attached to an aromatic ring is 1. The van der Waals surface area contributed by atoms with Crippen molar-refractivity contribution in [2.75, 3.05) is 24.2 Å². The van der Waals surface area contributed by atoms with E-state index in [4.69, 9.17) is 10.8 Å². The maximum Gasteiger partial charge on any atom is 0.335 e. The standard InChI is InChI=1S/C14H20N2O3/c1-16(9-14(19)6-2-3-7-14)12-5-4-10(13(17)18)8-11(12)15/h4-5,8,19H,2-3,6-7,9,15H2,1H3,(H,17,18). The normalized spacial score (nSPS) is 17.4. The average Bonchev–Trinajstić information content (AvgIpc) is 2.75. The van der Waals surface area contributed by atoms with Crippen molar-refractivity contribution in [1.82, 2.24) is 0 Å². The van der Waals surface area contributed by atoms with Crippen molar-refractivity contribution in [3.8, 4) is 0 Å². The number of aromatic carboxylic acids is 1. The minimum Gasteiger partial charge on any atom is -0.478 e. The lowest BCUT2D eigenvalue weighted by Crippen LogP contribution is -2.39. The number of hydrogen-bond donors (Lipinski definition) is 3. The van der Waals surface area contributed by atoms with E-state index in [0.717, 1.165) is 31.4 Å². The monoisotopic (exact) mass is 264 g/mol. The minimum absolute atomic E-state index is 0.175. The van der Waals surface area contributed by atoms with E-state index in [1.54, 1.807) is 6.07 Å². The number of carbonyl (C=O) groups is 1. The summed E-state index contributed by atoms with van der Waals surface area (Å²) in [6.45, 7) is 0.517. The van der Waals surface area contributed by atoms with Crippen LogP contribution in [0, 0.1) is 0 Å². The van der Waals surface area contributed by atoms with Gasteiger partial charge in [0.05, 0.1) is 22.5 Å². The molecule has 1 aromatic carbocycles. The van der Waals surface area contributed by atoms with Crippen molar-refractivity contribution in [3.05, 3.63) is 23.8 Å². The van der Waals surface area contributed by atoms with Gasteiger partial charge in [0.1, 0.15) is 0 Å². The van der Waals surface area contributed by atoms with Crippen molar-refractivity contribution in [3.63, 3.8) is 0 Å². The Morgan fingerprint density at radius 3 is 2.58 bits per heavy atom. The second kappa shape index (κ2) is 5.09. The molecule has 0 atom stereocenters. The topological polar surface area (TPSA) is 86.8 Å². The van der Waals surface area contributed by atoms with Gasteiger partial charge in [-0.05, 0) is 31.0 Å². The van der Waals surface area contributed by atoms with E-state index >= 15 is 0 Å². The number of aliphatic hydroxyl groups is 1. The van der Waals surface area contributed by atoms with Crippen LogP contribution in [0.25, 0.3) is 0 Å². The van der Waals surface area contributed by atoms with Crippen molar-refractivity contribution in [2.45, 2.75) is 31.3 Å². The predicted octanol–water partition coefficient (Wildman–Crippen LogP) is 1.71. The Morgan fingerprint density at radius 1 is 1.42 bits per heavy atom. The van der Waals surface area contributed by atoms with Crippen molar-refractivity contribution in [2.24, 2.45) is 0 Å². The lowest BCUT2D eigenvalue weighted by molar-refractivity contribution is 0.0559. The number of carboxylic acids is 1. The molecule has 1 fully saturated rings. The van der Waals surface area contributed by atoms with Gasteiger partial charge >= 0.3 is 5.97 Å². The molecule has 0 bridgehead atoms. The Morgan fingerprint density at radius 2 is 2.05 bits per heavy atom. The first-order valence-corrected chi connectivity index (χ1v) is 6.48. The van der Waals surface area contributed by atoms with E-state index in [0.29, 0.717) is 12.2 Å². The number of rotatable bonds is 4. The summed E-state index contributed by atoms with van der Waals surface area (Å²) in [7, 11) is 1.86. The number of benzene rings is 1. The molecule has 0 radical (unpaired) electrons. The molecule has 1 aliphatic rings. The maximum atomic E-state index is 10.9. The van der Waals surface area contributed by atoms with Crippen LogP contribution in [0.1, 0.15) is 36.0 Å². The van der Waals surface area contributed by atoms with Gasteiger partial charge in [0.25, 0.3) is 0 Å². The highest BCUT2D eigenvalue weighted by molar-refractivity contribution is 5.90. The van der Waals surface area contributed by atoms with Crippen LogP contribution in [0.3, 0.4) is 0 Å². The molecule has 104 valence electrons. The predicted molar refractivity (Wildman–Crippen MR) is 74.5 cm³/mol. The molecule has 0 spiro atoms. The first kappa shape index (κ1) is 13.7. The lowest BCUT2D eigenvalue weighted by Gasteiger charge is -2.30. The molecule has 1 aromatic rings. The third-order valence-corrected chi connectivity index (χ3v) is 3.75. The van der Waals surface area contributed by atoms with Crippen LogP contribution in [0.2, 0.25) is 0 Å². The fourth-order valence-electron chi connectivity index (χ4n) is 2.75. The molecule has 5 heteroatoms. The van der Waals surface area contributed by atoms with Gasteiger partial charge in [0.2, 0.25) is 0 Å². The molecule has 2 rings (SSSR count).